The summed E-state index contributed by atoms with van der Waals surface area (Å²) in [6.45, 7) is 0. The van der Waals surface area contributed by atoms with E-state index in [1.807, 2.05) is 0 Å². The van der Waals surface area contributed by atoms with Crippen molar-refractivity contribution in [2.45, 2.75) is 12.8 Å². The Hall–Kier alpha value is -3.92. The van der Waals surface area contributed by atoms with Gasteiger partial charge in [-0.2, -0.15) is 14.9 Å². The van der Waals surface area contributed by atoms with Gasteiger partial charge in [0.1, 0.15) is 11.4 Å². The third-order valence-electron chi connectivity index (χ3n) is 3.92. The summed E-state index contributed by atoms with van der Waals surface area (Å²) in [5, 5.41) is 19.1. The molecule has 0 bridgehead atoms. The summed E-state index contributed by atoms with van der Waals surface area (Å²) in [6, 6.07) is 15.1. The first-order valence-corrected chi connectivity index (χ1v) is 9.19. The molecule has 2 aromatic carbocycles. The molecule has 3 aromatic rings. The Bertz CT molecular complexity index is 1200. The maximum Gasteiger partial charge on any atom is 0.343 e. The highest BCUT2D eigenvalue weighted by molar-refractivity contribution is 7.71. The normalized spacial score (nSPS) is 10.8. The van der Waals surface area contributed by atoms with E-state index < -0.39 is 17.5 Å². The second kappa shape index (κ2) is 9.52. The highest BCUT2D eigenvalue weighted by Gasteiger charge is 2.09. The molecule has 0 radical (unpaired) electrons. The molecule has 2 N–H and O–H groups in total. The van der Waals surface area contributed by atoms with Gasteiger partial charge in [-0.3, -0.25) is 14.7 Å². The molecule has 0 aliphatic rings. The van der Waals surface area contributed by atoms with Crippen molar-refractivity contribution >= 4 is 30.4 Å². The van der Waals surface area contributed by atoms with E-state index in [-0.39, 0.29) is 23.3 Å². The van der Waals surface area contributed by atoms with Crippen LogP contribution in [0.4, 0.5) is 0 Å². The minimum absolute atomic E-state index is 0.0197. The Balaban J connectivity index is 1.73. The van der Waals surface area contributed by atoms with Crippen LogP contribution in [-0.2, 0) is 11.2 Å². The number of carbonyl (C=O) groups excluding carboxylic acids is 1. The molecule has 1 heterocycles. The number of aromatic amines is 1. The molecule has 3 rings (SSSR count). The predicted octanol–water partition coefficient (Wildman–Crippen LogP) is 2.42. The fourth-order valence-corrected chi connectivity index (χ4v) is 2.58. The number of H-pyrrole nitrogens is 1. The van der Waals surface area contributed by atoms with Crippen molar-refractivity contribution in [3.05, 3.63) is 86.5 Å². The second-order valence-electron chi connectivity index (χ2n) is 6.06. The van der Waals surface area contributed by atoms with Gasteiger partial charge in [0, 0.05) is 6.42 Å². The first-order valence-electron chi connectivity index (χ1n) is 8.78. The number of aromatic nitrogens is 3. The van der Waals surface area contributed by atoms with Crippen molar-refractivity contribution in [3.63, 3.8) is 0 Å². The molecule has 0 aliphatic carbocycles. The number of hydrogen-bond donors (Lipinski definition) is 2. The van der Waals surface area contributed by atoms with E-state index in [0.717, 1.165) is 4.68 Å². The number of carboxylic acid groups (broad SMARTS) is 1. The van der Waals surface area contributed by atoms with E-state index in [1.54, 1.807) is 54.6 Å². The zero-order chi connectivity index (χ0) is 21.5. The summed E-state index contributed by atoms with van der Waals surface area (Å²) < 4.78 is 6.21. The molecule has 0 unspecified atom stereocenters. The Morgan fingerprint density at radius 3 is 2.53 bits per heavy atom. The zero-order valence-electron chi connectivity index (χ0n) is 15.5. The van der Waals surface area contributed by atoms with Crippen molar-refractivity contribution in [2.24, 2.45) is 5.10 Å². The highest BCUT2D eigenvalue weighted by Crippen LogP contribution is 2.13. The van der Waals surface area contributed by atoms with Crippen LogP contribution in [0.1, 0.15) is 28.0 Å². The lowest BCUT2D eigenvalue weighted by Crippen LogP contribution is -2.25. The number of hydrogen-bond acceptors (Lipinski definition) is 7. The molecule has 152 valence electrons. The summed E-state index contributed by atoms with van der Waals surface area (Å²) in [7, 11) is 0. The monoisotopic (exact) mass is 424 g/mol. The lowest BCUT2D eigenvalue weighted by atomic mass is 10.2. The quantitative estimate of drug-likeness (QED) is 0.258. The van der Waals surface area contributed by atoms with Gasteiger partial charge in [-0.1, -0.05) is 18.2 Å². The third-order valence-corrected chi connectivity index (χ3v) is 4.18. The van der Waals surface area contributed by atoms with Gasteiger partial charge >= 0.3 is 11.9 Å². The Labute approximate surface area is 175 Å². The minimum Gasteiger partial charge on any atom is -0.481 e. The number of carbonyl (C=O) groups is 2. The molecule has 0 atom stereocenters. The van der Waals surface area contributed by atoms with Crippen molar-refractivity contribution < 1.29 is 19.4 Å². The fraction of sp³-hybridized carbons (Fsp3) is 0.100. The fourth-order valence-electron chi connectivity index (χ4n) is 2.40. The molecular weight excluding hydrogens is 408 g/mol. The van der Waals surface area contributed by atoms with Gasteiger partial charge in [0.2, 0.25) is 4.77 Å². The van der Waals surface area contributed by atoms with Gasteiger partial charge in [-0.05, 0) is 54.2 Å². The predicted molar refractivity (Wildman–Crippen MR) is 110 cm³/mol. The molecule has 9 nitrogen and oxygen atoms in total. The number of ether oxygens (including phenoxy) is 1. The number of aryl methyl sites for hydroxylation is 1. The van der Waals surface area contributed by atoms with Gasteiger partial charge in [-0.25, -0.2) is 4.79 Å². The summed E-state index contributed by atoms with van der Waals surface area (Å²) in [6.07, 6.45) is 1.12. The summed E-state index contributed by atoms with van der Waals surface area (Å²) in [5.74, 6) is -1.15. The number of benzene rings is 2. The average molecular weight is 424 g/mol. The Morgan fingerprint density at radius 1 is 1.17 bits per heavy atom. The van der Waals surface area contributed by atoms with Crippen LogP contribution in [0.25, 0.3) is 0 Å². The number of aliphatic carboxylic acids is 1. The lowest BCUT2D eigenvalue weighted by Gasteiger charge is -2.04. The summed E-state index contributed by atoms with van der Waals surface area (Å²) in [5.41, 5.74) is 0.490. The van der Waals surface area contributed by atoms with Crippen LogP contribution in [0.3, 0.4) is 0 Å². The van der Waals surface area contributed by atoms with Crippen LogP contribution < -0.4 is 10.3 Å². The Kier molecular flexibility index (Phi) is 6.60. The van der Waals surface area contributed by atoms with E-state index in [9.17, 15) is 14.4 Å². The SMILES string of the molecule is O=C(O)CCc1n[nH]c(=S)n(/N=C\c2ccc(OC(=O)c3ccccc3)cc2)c1=O. The van der Waals surface area contributed by atoms with Crippen LogP contribution in [-0.4, -0.2) is 38.1 Å². The standard InChI is InChI=1S/C20H16N4O5S/c25-17(26)11-10-16-18(27)24(20(30)23-22-16)21-12-13-6-8-15(9-7-13)29-19(28)14-4-2-1-3-5-14/h1-9,12H,10-11H2,(H,23,30)(H,25,26)/b21-12-. The minimum atomic E-state index is -1.04. The van der Waals surface area contributed by atoms with E-state index in [1.165, 1.54) is 6.21 Å². The number of nitrogens with zero attached hydrogens (tertiary/aromatic N) is 3. The Morgan fingerprint density at radius 2 is 1.87 bits per heavy atom. The first-order chi connectivity index (χ1) is 14.4. The smallest absolute Gasteiger partial charge is 0.343 e. The number of carboxylic acids is 1. The van der Waals surface area contributed by atoms with Crippen molar-refractivity contribution in [2.75, 3.05) is 0 Å². The zero-order valence-corrected chi connectivity index (χ0v) is 16.3. The molecule has 1 aromatic heterocycles. The summed E-state index contributed by atoms with van der Waals surface area (Å²) in [4.78, 5) is 35.1. The molecule has 30 heavy (non-hydrogen) atoms. The first kappa shape index (κ1) is 20.8. The number of esters is 1. The van der Waals surface area contributed by atoms with E-state index >= 15 is 0 Å². The molecule has 0 saturated heterocycles. The molecule has 10 heteroatoms. The van der Waals surface area contributed by atoms with Crippen molar-refractivity contribution in [1.82, 2.24) is 14.9 Å². The van der Waals surface area contributed by atoms with Crippen molar-refractivity contribution in [3.8, 4) is 5.75 Å². The number of nitrogens with one attached hydrogen (secondary N) is 1. The van der Waals surface area contributed by atoms with Crippen molar-refractivity contribution in [1.29, 1.82) is 0 Å². The van der Waals surface area contributed by atoms with Gasteiger partial charge < -0.3 is 9.84 Å². The van der Waals surface area contributed by atoms with Gasteiger partial charge in [0.05, 0.1) is 18.2 Å². The molecule has 0 fully saturated rings. The van der Waals surface area contributed by atoms with Gasteiger partial charge in [-0.15, -0.1) is 0 Å². The van der Waals surface area contributed by atoms with Crippen LogP contribution in [0, 0.1) is 4.77 Å². The van der Waals surface area contributed by atoms with Gasteiger partial charge in [0.15, 0.2) is 0 Å². The van der Waals surface area contributed by atoms with Gasteiger partial charge in [0.25, 0.3) is 5.56 Å². The summed E-state index contributed by atoms with van der Waals surface area (Å²) >= 11 is 5.02. The third kappa shape index (κ3) is 5.32. The van der Waals surface area contributed by atoms with Crippen LogP contribution in [0.5, 0.6) is 5.75 Å². The van der Waals surface area contributed by atoms with Crippen LogP contribution in [0.15, 0.2) is 64.5 Å². The number of rotatable bonds is 7. The topological polar surface area (TPSA) is 127 Å². The highest BCUT2D eigenvalue weighted by atomic mass is 32.1. The maximum absolute atomic E-state index is 12.4. The second-order valence-corrected chi connectivity index (χ2v) is 6.44. The molecule has 0 amide bonds. The molecule has 0 saturated carbocycles. The van der Waals surface area contributed by atoms with E-state index in [2.05, 4.69) is 15.3 Å². The average Bonchev–Trinajstić information content (AvgIpc) is 2.74. The van der Waals surface area contributed by atoms with E-state index in [4.69, 9.17) is 22.1 Å². The maximum atomic E-state index is 12.4. The molecule has 0 aliphatic heterocycles. The van der Waals surface area contributed by atoms with E-state index in [0.29, 0.717) is 16.9 Å². The lowest BCUT2D eigenvalue weighted by molar-refractivity contribution is -0.137. The van der Waals surface area contributed by atoms with Crippen LogP contribution in [0.2, 0.25) is 0 Å². The molecular formula is C20H16N4O5S. The van der Waals surface area contributed by atoms with Crippen LogP contribution >= 0.6 is 12.2 Å². The molecule has 0 spiro atoms. The largest absolute Gasteiger partial charge is 0.481 e.